The Morgan fingerprint density at radius 2 is 1.14 bits per heavy atom. The smallest absolute Gasteiger partial charge is 0.193 e. The molecule has 0 radical (unpaired) electrons. The highest BCUT2D eigenvalue weighted by Crippen LogP contribution is 2.59. The maximum absolute atomic E-state index is 12.1. The Bertz CT molecular complexity index is 880. The molecule has 0 N–H and O–H groups in total. The van der Waals surface area contributed by atoms with Gasteiger partial charge in [-0.2, -0.15) is 0 Å². The minimum atomic E-state index is -0.0444. The van der Waals surface area contributed by atoms with Gasteiger partial charge in [-0.15, -0.1) is 23.5 Å². The summed E-state index contributed by atoms with van der Waals surface area (Å²) in [6.45, 7) is 4.41. The van der Waals surface area contributed by atoms with Gasteiger partial charge in [-0.25, -0.2) is 0 Å². The van der Waals surface area contributed by atoms with E-state index >= 15 is 0 Å². The summed E-state index contributed by atoms with van der Waals surface area (Å²) in [7, 11) is 0. The Kier molecular flexibility index (Phi) is 7.05. The van der Waals surface area contributed by atoms with Crippen LogP contribution in [0.5, 0.6) is 0 Å². The molecule has 0 spiro atoms. The fourth-order valence-corrected chi connectivity index (χ4v) is 11.2. The van der Waals surface area contributed by atoms with Crippen LogP contribution in [0.15, 0.2) is 62.2 Å². The summed E-state index contributed by atoms with van der Waals surface area (Å²) in [5.74, 6) is 2.11. The molecular formula is C20H18O2S6. The van der Waals surface area contributed by atoms with Crippen molar-refractivity contribution in [3.63, 3.8) is 0 Å². The molecule has 2 nitrogen and oxygen atoms in total. The van der Waals surface area contributed by atoms with E-state index in [2.05, 4.69) is 26.0 Å². The second-order valence-electron chi connectivity index (χ2n) is 6.03. The van der Waals surface area contributed by atoms with Gasteiger partial charge < -0.3 is 0 Å². The Morgan fingerprint density at radius 1 is 0.714 bits per heavy atom. The first-order valence-corrected chi connectivity index (χ1v) is 14.2. The lowest BCUT2D eigenvalue weighted by Crippen LogP contribution is -2.07. The summed E-state index contributed by atoms with van der Waals surface area (Å²) in [6.07, 6.45) is 9.15. The predicted molar refractivity (Wildman–Crippen MR) is 132 cm³/mol. The first-order valence-electron chi connectivity index (χ1n) is 8.97. The molecule has 146 valence electrons. The second kappa shape index (κ2) is 9.35. The number of carbonyl (C=O) groups excluding carboxylic acids is 2. The zero-order valence-electron chi connectivity index (χ0n) is 15.4. The Labute approximate surface area is 191 Å². The van der Waals surface area contributed by atoms with E-state index in [9.17, 15) is 9.59 Å². The summed E-state index contributed by atoms with van der Waals surface area (Å²) < 4.78 is 5.39. The molecule has 0 aromatic carbocycles. The molecule has 0 fully saturated rings. The number of thioether (sulfide) groups is 6. The Balaban J connectivity index is 1.50. The van der Waals surface area contributed by atoms with Crippen LogP contribution in [-0.2, 0) is 9.59 Å². The lowest BCUT2D eigenvalue weighted by molar-refractivity contribution is -0.114. The van der Waals surface area contributed by atoms with Gasteiger partial charge in [-0.3, -0.25) is 9.59 Å². The first kappa shape index (κ1) is 21.1. The van der Waals surface area contributed by atoms with Gasteiger partial charge in [0, 0.05) is 0 Å². The van der Waals surface area contributed by atoms with Crippen molar-refractivity contribution in [1.82, 2.24) is 0 Å². The topological polar surface area (TPSA) is 34.1 Å². The monoisotopic (exact) mass is 482 g/mol. The van der Waals surface area contributed by atoms with Crippen molar-refractivity contribution in [2.75, 3.05) is 11.5 Å². The average molecular weight is 483 g/mol. The summed E-state index contributed by atoms with van der Waals surface area (Å²) in [4.78, 5) is 25.3. The average Bonchev–Trinajstić information content (AvgIpc) is 3.32. The van der Waals surface area contributed by atoms with Crippen LogP contribution in [0.4, 0.5) is 0 Å². The predicted octanol–water partition coefficient (Wildman–Crippen LogP) is 7.27. The molecule has 0 aromatic rings. The third-order valence-corrected chi connectivity index (χ3v) is 12.3. The van der Waals surface area contributed by atoms with Crippen LogP contribution in [-0.4, -0.2) is 23.1 Å². The molecule has 0 atom stereocenters. The fraction of sp³-hybridized carbons (Fsp3) is 0.300. The van der Waals surface area contributed by atoms with E-state index in [0.29, 0.717) is 9.81 Å². The van der Waals surface area contributed by atoms with Crippen LogP contribution < -0.4 is 0 Å². The van der Waals surface area contributed by atoms with Crippen LogP contribution in [0.2, 0.25) is 0 Å². The van der Waals surface area contributed by atoms with Gasteiger partial charge in [0.05, 0.1) is 26.8 Å². The minimum Gasteiger partial charge on any atom is -0.289 e. The van der Waals surface area contributed by atoms with Crippen LogP contribution in [0.3, 0.4) is 0 Å². The van der Waals surface area contributed by atoms with Crippen molar-refractivity contribution in [2.45, 2.75) is 26.7 Å². The van der Waals surface area contributed by atoms with Gasteiger partial charge in [0.25, 0.3) is 0 Å². The highest BCUT2D eigenvalue weighted by Gasteiger charge is 2.33. The summed E-state index contributed by atoms with van der Waals surface area (Å²) >= 11 is 10.7. The zero-order valence-corrected chi connectivity index (χ0v) is 20.3. The van der Waals surface area contributed by atoms with Crippen molar-refractivity contribution in [1.29, 1.82) is 0 Å². The van der Waals surface area contributed by atoms with Crippen molar-refractivity contribution in [3.8, 4) is 0 Å². The van der Waals surface area contributed by atoms with Gasteiger partial charge in [0.2, 0.25) is 0 Å². The summed E-state index contributed by atoms with van der Waals surface area (Å²) in [5, 5.41) is 0. The molecule has 0 saturated carbocycles. The van der Waals surface area contributed by atoms with E-state index in [1.807, 2.05) is 47.0 Å². The largest absolute Gasteiger partial charge is 0.289 e. The van der Waals surface area contributed by atoms with E-state index in [1.54, 1.807) is 0 Å². The molecule has 0 unspecified atom stereocenters. The molecule has 2 heterocycles. The first-order chi connectivity index (χ1) is 13.6. The molecule has 2 aliphatic heterocycles. The van der Waals surface area contributed by atoms with Gasteiger partial charge in [0.1, 0.15) is 0 Å². The number of hydrogen-bond acceptors (Lipinski definition) is 8. The number of rotatable bonds is 4. The van der Waals surface area contributed by atoms with Gasteiger partial charge >= 0.3 is 0 Å². The molecule has 2 aliphatic carbocycles. The lowest BCUT2D eigenvalue weighted by Gasteiger charge is -2.15. The number of hydrogen-bond donors (Lipinski definition) is 0. The Morgan fingerprint density at radius 3 is 1.54 bits per heavy atom. The highest BCUT2D eigenvalue weighted by molar-refractivity contribution is 8.40. The van der Waals surface area contributed by atoms with E-state index < -0.39 is 0 Å². The van der Waals surface area contributed by atoms with Crippen LogP contribution >= 0.6 is 70.6 Å². The molecule has 0 amide bonds. The van der Waals surface area contributed by atoms with E-state index in [0.717, 1.165) is 28.6 Å². The zero-order chi connectivity index (χ0) is 19.7. The van der Waals surface area contributed by atoms with Crippen LogP contribution in [0, 0.1) is 0 Å². The van der Waals surface area contributed by atoms with Gasteiger partial charge in [-0.1, -0.05) is 73.0 Å². The normalized spacial score (nSPS) is 22.4. The van der Waals surface area contributed by atoms with Crippen molar-refractivity contribution in [3.05, 3.63) is 62.2 Å². The minimum absolute atomic E-state index is 0.0444. The third kappa shape index (κ3) is 4.32. The van der Waals surface area contributed by atoms with Crippen LogP contribution in [0.25, 0.3) is 0 Å². The van der Waals surface area contributed by atoms with E-state index in [4.69, 9.17) is 0 Å². The van der Waals surface area contributed by atoms with Crippen LogP contribution in [0.1, 0.15) is 26.7 Å². The molecule has 4 rings (SSSR count). The summed E-state index contributed by atoms with van der Waals surface area (Å²) in [5.41, 5.74) is 2.64. The molecule has 0 saturated heterocycles. The van der Waals surface area contributed by atoms with Crippen molar-refractivity contribution in [2.24, 2.45) is 0 Å². The summed E-state index contributed by atoms with van der Waals surface area (Å²) in [6, 6.07) is 0. The molecule has 0 bridgehead atoms. The molecule has 28 heavy (non-hydrogen) atoms. The third-order valence-electron chi connectivity index (χ3n) is 4.19. The maximum atomic E-state index is 12.1. The SMILES string of the molecule is CCSC1=C(SCC)SC(=C2C=CC(=C3SC4=C(S3)C(=O)C=CC4=O)CC2)S1. The lowest BCUT2D eigenvalue weighted by atomic mass is 10.00. The molecule has 0 aromatic heterocycles. The second-order valence-corrected chi connectivity index (χ2v) is 13.7. The number of allylic oxidation sites excluding steroid dienone is 8. The molecule has 8 heteroatoms. The van der Waals surface area contributed by atoms with Crippen molar-refractivity contribution >= 4 is 82.1 Å². The van der Waals surface area contributed by atoms with E-state index in [1.165, 1.54) is 59.5 Å². The fourth-order valence-electron chi connectivity index (χ4n) is 2.88. The quantitative estimate of drug-likeness (QED) is 0.387. The maximum Gasteiger partial charge on any atom is 0.193 e. The number of ketones is 2. The van der Waals surface area contributed by atoms with Crippen molar-refractivity contribution < 1.29 is 9.59 Å². The highest BCUT2D eigenvalue weighted by atomic mass is 32.3. The Hall–Kier alpha value is -0.120. The van der Waals surface area contributed by atoms with Gasteiger partial charge in [-0.05, 0) is 47.6 Å². The molecule has 4 aliphatic rings. The number of carbonyl (C=O) groups is 2. The van der Waals surface area contributed by atoms with E-state index in [-0.39, 0.29) is 11.6 Å². The van der Waals surface area contributed by atoms with Gasteiger partial charge in [0.15, 0.2) is 11.6 Å². The molecular weight excluding hydrogens is 465 g/mol. The standard InChI is InChI=1S/C20H18O2S6/c1-3-23-19-20(24-4-2)28-18(27-19)12-7-5-11(6-8-12)17-25-15-13(21)9-10-14(22)16(15)26-17/h5,7,9-10H,3-4,6,8H2,1-2H3.